The molecule has 1 amide bonds. The van der Waals surface area contributed by atoms with Crippen LogP contribution in [0, 0.1) is 13.8 Å². The van der Waals surface area contributed by atoms with Gasteiger partial charge < -0.3 is 4.90 Å². The molecule has 0 radical (unpaired) electrons. The van der Waals surface area contributed by atoms with E-state index in [9.17, 15) is 4.79 Å². The van der Waals surface area contributed by atoms with Crippen LogP contribution in [0.15, 0.2) is 46.9 Å². The van der Waals surface area contributed by atoms with Crippen LogP contribution < -0.4 is 0 Å². The minimum atomic E-state index is 0.165. The zero-order chi connectivity index (χ0) is 23.8. The van der Waals surface area contributed by atoms with Gasteiger partial charge >= 0.3 is 0 Å². The second-order valence-corrected chi connectivity index (χ2v) is 11.2. The lowest BCUT2D eigenvalue weighted by molar-refractivity contribution is -0.0278. The fourth-order valence-corrected chi connectivity index (χ4v) is 6.05. The number of carbonyl (C=O) groups is 1. The molecule has 178 valence electrons. The number of benzene rings is 2. The monoisotopic (exact) mass is 511 g/mol. The van der Waals surface area contributed by atoms with Crippen molar-refractivity contribution in [1.29, 1.82) is 0 Å². The number of halogens is 1. The Bertz CT molecular complexity index is 961. The minimum Gasteiger partial charge on any atom is -0.338 e. The molecular weight excluding hydrogens is 474 g/mol. The lowest BCUT2D eigenvalue weighted by atomic mass is 9.85. The van der Waals surface area contributed by atoms with E-state index in [0.717, 1.165) is 66.7 Å². The molecule has 33 heavy (non-hydrogen) atoms. The summed E-state index contributed by atoms with van der Waals surface area (Å²) in [5, 5.41) is 0. The zero-order valence-electron chi connectivity index (χ0n) is 20.8. The van der Waals surface area contributed by atoms with Gasteiger partial charge in [-0.25, -0.2) is 0 Å². The van der Waals surface area contributed by atoms with Gasteiger partial charge in [-0.1, -0.05) is 46.3 Å². The normalized spacial score (nSPS) is 22.8. The highest BCUT2D eigenvalue weighted by atomic mass is 79.9. The van der Waals surface area contributed by atoms with E-state index in [1.165, 1.54) is 5.56 Å². The lowest BCUT2D eigenvalue weighted by Crippen LogP contribution is -2.62. The number of piperazine rings is 1. The maximum Gasteiger partial charge on any atom is 0.254 e. The third kappa shape index (κ3) is 5.06. The van der Waals surface area contributed by atoms with Crippen LogP contribution in [0.1, 0.15) is 66.7 Å². The molecule has 0 spiro atoms. The average Bonchev–Trinajstić information content (AvgIpc) is 2.79. The van der Waals surface area contributed by atoms with Crippen LogP contribution >= 0.6 is 15.9 Å². The SMILES string of the molecule is Cc1cccc(C)c1C(=O)N1CCC(C)(N2CCN([C@@H](C)c3ccc(Br)cc3)[C@@H](C)C2)CC1. The van der Waals surface area contributed by atoms with Gasteiger partial charge in [-0.05, 0) is 76.3 Å². The highest BCUT2D eigenvalue weighted by molar-refractivity contribution is 9.10. The molecule has 0 aromatic heterocycles. The summed E-state index contributed by atoms with van der Waals surface area (Å²) in [4.78, 5) is 20.7. The second-order valence-electron chi connectivity index (χ2n) is 10.3. The second kappa shape index (κ2) is 9.89. The Morgan fingerprint density at radius 3 is 2.18 bits per heavy atom. The smallest absolute Gasteiger partial charge is 0.254 e. The Morgan fingerprint density at radius 1 is 1.00 bits per heavy atom. The molecule has 2 atom stereocenters. The van der Waals surface area contributed by atoms with Crippen LogP contribution in [-0.4, -0.2) is 64.9 Å². The van der Waals surface area contributed by atoms with E-state index in [1.54, 1.807) is 0 Å². The predicted octanol–water partition coefficient (Wildman–Crippen LogP) is 5.83. The molecule has 4 rings (SSSR count). The number of hydrogen-bond donors (Lipinski definition) is 0. The van der Waals surface area contributed by atoms with Gasteiger partial charge in [0, 0.05) is 60.4 Å². The van der Waals surface area contributed by atoms with Gasteiger partial charge in [0.2, 0.25) is 0 Å². The Labute approximate surface area is 208 Å². The molecule has 5 heteroatoms. The van der Waals surface area contributed by atoms with Gasteiger partial charge in [-0.3, -0.25) is 14.6 Å². The number of aryl methyl sites for hydroxylation is 2. The Morgan fingerprint density at radius 2 is 1.61 bits per heavy atom. The zero-order valence-corrected chi connectivity index (χ0v) is 22.4. The van der Waals surface area contributed by atoms with Gasteiger partial charge in [0.15, 0.2) is 0 Å². The summed E-state index contributed by atoms with van der Waals surface area (Å²) in [5.74, 6) is 0.203. The maximum atomic E-state index is 13.3. The van der Waals surface area contributed by atoms with Crippen LogP contribution in [0.5, 0.6) is 0 Å². The average molecular weight is 513 g/mol. The van der Waals surface area contributed by atoms with Crippen LogP contribution in [0.3, 0.4) is 0 Å². The van der Waals surface area contributed by atoms with Crippen LogP contribution in [0.4, 0.5) is 0 Å². The first-order valence-electron chi connectivity index (χ1n) is 12.3. The third-order valence-electron chi connectivity index (χ3n) is 8.12. The Kier molecular flexibility index (Phi) is 7.32. The fourth-order valence-electron chi connectivity index (χ4n) is 5.79. The molecule has 0 saturated carbocycles. The predicted molar refractivity (Wildman–Crippen MR) is 140 cm³/mol. The van der Waals surface area contributed by atoms with Crippen molar-refractivity contribution in [2.75, 3.05) is 32.7 Å². The standard InChI is InChI=1S/C28H38BrN3O/c1-20-7-6-8-21(2)26(20)27(33)30-15-13-28(5,14-16-30)31-17-18-32(22(3)19-31)23(4)24-9-11-25(29)12-10-24/h6-12,22-23H,13-19H2,1-5H3/t22-,23-/m0/s1. The number of piperidine rings is 1. The molecule has 2 heterocycles. The van der Waals surface area contributed by atoms with E-state index in [1.807, 2.05) is 32.0 Å². The Balaban J connectivity index is 1.37. The number of carbonyl (C=O) groups excluding carboxylic acids is 1. The minimum absolute atomic E-state index is 0.165. The summed E-state index contributed by atoms with van der Waals surface area (Å²) < 4.78 is 1.13. The number of nitrogens with zero attached hydrogens (tertiary/aromatic N) is 3. The fraction of sp³-hybridized carbons (Fsp3) is 0.536. The Hall–Kier alpha value is -1.69. The van der Waals surface area contributed by atoms with Crippen LogP contribution in [0.2, 0.25) is 0 Å². The molecule has 2 fully saturated rings. The van der Waals surface area contributed by atoms with Crippen molar-refractivity contribution in [3.63, 3.8) is 0 Å². The summed E-state index contributed by atoms with van der Waals surface area (Å²) in [6.07, 6.45) is 2.08. The van der Waals surface area contributed by atoms with E-state index in [4.69, 9.17) is 0 Å². The lowest BCUT2D eigenvalue weighted by Gasteiger charge is -2.52. The molecule has 0 unspecified atom stereocenters. The number of rotatable bonds is 4. The van der Waals surface area contributed by atoms with Crippen LogP contribution in [-0.2, 0) is 0 Å². The summed E-state index contributed by atoms with van der Waals surface area (Å²) in [5.41, 5.74) is 4.60. The topological polar surface area (TPSA) is 26.8 Å². The van der Waals surface area contributed by atoms with Crippen molar-refractivity contribution in [3.05, 3.63) is 69.2 Å². The first-order valence-corrected chi connectivity index (χ1v) is 13.1. The summed E-state index contributed by atoms with van der Waals surface area (Å²) >= 11 is 3.55. The van der Waals surface area contributed by atoms with Crippen LogP contribution in [0.25, 0.3) is 0 Å². The first-order chi connectivity index (χ1) is 15.7. The van der Waals surface area contributed by atoms with E-state index in [-0.39, 0.29) is 11.4 Å². The molecule has 4 nitrogen and oxygen atoms in total. The van der Waals surface area contributed by atoms with Gasteiger partial charge in [-0.15, -0.1) is 0 Å². The van der Waals surface area contributed by atoms with Crippen molar-refractivity contribution in [2.24, 2.45) is 0 Å². The molecule has 0 bridgehead atoms. The first kappa shape index (κ1) is 24.4. The number of likely N-dealkylation sites (tertiary alicyclic amines) is 1. The third-order valence-corrected chi connectivity index (χ3v) is 8.64. The summed E-state index contributed by atoms with van der Waals surface area (Å²) in [7, 11) is 0. The maximum absolute atomic E-state index is 13.3. The van der Waals surface area contributed by atoms with Gasteiger partial charge in [0.05, 0.1) is 0 Å². The molecule has 2 saturated heterocycles. The van der Waals surface area contributed by atoms with E-state index in [2.05, 4.69) is 75.7 Å². The van der Waals surface area contributed by atoms with Crippen molar-refractivity contribution < 1.29 is 4.79 Å². The molecule has 2 aliphatic heterocycles. The highest BCUT2D eigenvalue weighted by Crippen LogP contribution is 2.34. The van der Waals surface area contributed by atoms with Gasteiger partial charge in [0.25, 0.3) is 5.91 Å². The molecule has 2 aliphatic rings. The van der Waals surface area contributed by atoms with E-state index >= 15 is 0 Å². The molecule has 0 aliphatic carbocycles. The molecular formula is C28H38BrN3O. The largest absolute Gasteiger partial charge is 0.338 e. The number of amides is 1. The summed E-state index contributed by atoms with van der Waals surface area (Å²) in [6, 6.07) is 15.8. The molecule has 0 N–H and O–H groups in total. The van der Waals surface area contributed by atoms with Crippen molar-refractivity contribution in [1.82, 2.24) is 14.7 Å². The van der Waals surface area contributed by atoms with E-state index < -0.39 is 0 Å². The highest BCUT2D eigenvalue weighted by Gasteiger charge is 2.40. The van der Waals surface area contributed by atoms with Crippen molar-refractivity contribution in [3.8, 4) is 0 Å². The molecule has 2 aromatic carbocycles. The number of hydrogen-bond acceptors (Lipinski definition) is 3. The quantitative estimate of drug-likeness (QED) is 0.516. The van der Waals surface area contributed by atoms with Gasteiger partial charge in [0.1, 0.15) is 0 Å². The summed E-state index contributed by atoms with van der Waals surface area (Å²) in [6.45, 7) is 16.1. The van der Waals surface area contributed by atoms with Gasteiger partial charge in [-0.2, -0.15) is 0 Å². The van der Waals surface area contributed by atoms with Crippen molar-refractivity contribution in [2.45, 2.75) is 65.1 Å². The molecule has 2 aromatic rings. The van der Waals surface area contributed by atoms with Crippen molar-refractivity contribution >= 4 is 21.8 Å². The van der Waals surface area contributed by atoms with E-state index in [0.29, 0.717) is 12.1 Å².